The molecule has 1 saturated heterocycles. The Morgan fingerprint density at radius 3 is 2.26 bits per heavy atom. The third-order valence-electron chi connectivity index (χ3n) is 9.88. The maximum absolute atomic E-state index is 13.5. The smallest absolute Gasteiger partial charge is 0.407 e. The zero-order valence-electron chi connectivity index (χ0n) is 30.2. The van der Waals surface area contributed by atoms with E-state index in [1.54, 1.807) is 13.3 Å². The summed E-state index contributed by atoms with van der Waals surface area (Å²) in [4.78, 5) is 41.4. The number of likely N-dealkylation sites (N-methyl/N-ethyl adjacent to an activating group) is 1. The lowest BCUT2D eigenvalue weighted by Crippen LogP contribution is -2.43. The summed E-state index contributed by atoms with van der Waals surface area (Å²) >= 11 is 0. The van der Waals surface area contributed by atoms with E-state index in [0.717, 1.165) is 45.3 Å². The zero-order chi connectivity index (χ0) is 37.4. The van der Waals surface area contributed by atoms with E-state index >= 15 is 0 Å². The lowest BCUT2D eigenvalue weighted by Gasteiger charge is -2.36. The summed E-state index contributed by atoms with van der Waals surface area (Å²) in [5.74, 6) is 0.0237. The van der Waals surface area contributed by atoms with E-state index in [1.165, 1.54) is 34.1 Å². The fourth-order valence-electron chi connectivity index (χ4n) is 7.04. The summed E-state index contributed by atoms with van der Waals surface area (Å²) in [6, 6.07) is 29.2. The average Bonchev–Trinajstić information content (AvgIpc) is 3.85. The van der Waals surface area contributed by atoms with Crippen LogP contribution in [-0.2, 0) is 17.6 Å². The number of carboxylic acid groups (broad SMARTS) is 1. The second-order valence-corrected chi connectivity index (χ2v) is 13.5. The maximum Gasteiger partial charge on any atom is 0.407 e. The number of hydrogen-bond acceptors (Lipinski definition) is 7. The lowest BCUT2D eigenvalue weighted by molar-refractivity contribution is 0.0108. The van der Waals surface area contributed by atoms with E-state index in [4.69, 9.17) is 19.1 Å². The van der Waals surface area contributed by atoms with Crippen molar-refractivity contribution in [2.24, 2.45) is 0 Å². The summed E-state index contributed by atoms with van der Waals surface area (Å²) in [7, 11) is 1.62. The molecule has 1 fully saturated rings. The van der Waals surface area contributed by atoms with Crippen LogP contribution in [0.5, 0.6) is 0 Å². The van der Waals surface area contributed by atoms with Crippen molar-refractivity contribution in [3.8, 4) is 11.3 Å². The van der Waals surface area contributed by atoms with E-state index in [2.05, 4.69) is 21.4 Å². The highest BCUT2D eigenvalue weighted by Crippen LogP contribution is 2.33. The molecule has 1 aliphatic heterocycles. The number of furan rings is 1. The van der Waals surface area contributed by atoms with Crippen molar-refractivity contribution in [2.75, 3.05) is 53.0 Å². The fourth-order valence-corrected chi connectivity index (χ4v) is 7.04. The van der Waals surface area contributed by atoms with Crippen molar-refractivity contribution in [3.63, 3.8) is 0 Å². The molecule has 0 spiro atoms. The molecule has 11 nitrogen and oxygen atoms in total. The van der Waals surface area contributed by atoms with Gasteiger partial charge in [-0.1, -0.05) is 60.7 Å². The molecular formula is C42H43FN6O5. The van der Waals surface area contributed by atoms with Gasteiger partial charge in [-0.05, 0) is 48.4 Å². The lowest BCUT2D eigenvalue weighted by atomic mass is 10.0. The third-order valence-corrected chi connectivity index (χ3v) is 9.88. The molecule has 1 aliphatic rings. The molecule has 0 aliphatic carbocycles. The van der Waals surface area contributed by atoms with Crippen molar-refractivity contribution in [1.29, 1.82) is 0 Å². The van der Waals surface area contributed by atoms with Gasteiger partial charge in [0.25, 0.3) is 5.91 Å². The van der Waals surface area contributed by atoms with Gasteiger partial charge in [0.1, 0.15) is 11.6 Å². The van der Waals surface area contributed by atoms with Crippen LogP contribution in [0.3, 0.4) is 0 Å². The maximum atomic E-state index is 13.5. The molecule has 4 heterocycles. The predicted octanol–water partition coefficient (Wildman–Crippen LogP) is 6.83. The number of morpholine rings is 1. The van der Waals surface area contributed by atoms with Gasteiger partial charge in [-0.3, -0.25) is 14.1 Å². The van der Waals surface area contributed by atoms with Gasteiger partial charge in [-0.25, -0.2) is 19.2 Å². The monoisotopic (exact) mass is 730 g/mol. The topological polar surface area (TPSA) is 117 Å². The van der Waals surface area contributed by atoms with Crippen LogP contribution in [0.15, 0.2) is 114 Å². The quantitative estimate of drug-likeness (QED) is 0.130. The number of carbonyl (C=O) groups excluding carboxylic acids is 1. The highest BCUT2D eigenvalue weighted by atomic mass is 19.1. The Morgan fingerprint density at radius 1 is 0.852 bits per heavy atom. The molecule has 2 amide bonds. The number of benzene rings is 3. The molecule has 0 radical (unpaired) electrons. The summed E-state index contributed by atoms with van der Waals surface area (Å²) in [6.45, 7) is 2.90. The Morgan fingerprint density at radius 2 is 1.57 bits per heavy atom. The number of nitrogens with zero attached hydrogens (tertiary/aromatic N) is 6. The standard InChI is InChI=1S/C42H43FN6O5/c1-46(41(50)32-14-16-33(43)17-15-32)20-21-48(42(51)52)19-18-38(47-22-25-53-26-23-47)39-35(28-34-13-8-24-54-34)45-40-36(27-30-9-4-2-5-10-30)44-37(29-49(39)40)31-11-6-3-7-12-31/h2-17,24,29,38H,18-23,25-28H2,1H3,(H,51,52). The molecule has 1 unspecified atom stereocenters. The molecule has 3 aromatic heterocycles. The van der Waals surface area contributed by atoms with Gasteiger partial charge in [0.2, 0.25) is 0 Å². The van der Waals surface area contributed by atoms with Crippen LogP contribution in [0.25, 0.3) is 16.9 Å². The molecule has 1 N–H and O–H groups in total. The van der Waals surface area contributed by atoms with Crippen molar-refractivity contribution in [3.05, 3.63) is 149 Å². The van der Waals surface area contributed by atoms with Crippen LogP contribution in [0.1, 0.15) is 51.2 Å². The highest BCUT2D eigenvalue weighted by Gasteiger charge is 2.31. The summed E-state index contributed by atoms with van der Waals surface area (Å²) in [6.07, 6.45) is 4.09. The van der Waals surface area contributed by atoms with Crippen molar-refractivity contribution >= 4 is 17.6 Å². The Kier molecular flexibility index (Phi) is 11.4. The average molecular weight is 731 g/mol. The Bertz CT molecular complexity index is 2150. The Labute approximate surface area is 313 Å². The normalized spacial score (nSPS) is 13.9. The van der Waals surface area contributed by atoms with Crippen molar-refractivity contribution < 1.29 is 28.2 Å². The van der Waals surface area contributed by atoms with Crippen LogP contribution < -0.4 is 0 Å². The van der Waals surface area contributed by atoms with Gasteiger partial charge in [-0.15, -0.1) is 0 Å². The van der Waals surface area contributed by atoms with Gasteiger partial charge in [0, 0.05) is 63.5 Å². The molecule has 6 aromatic rings. The molecule has 278 valence electrons. The van der Waals surface area contributed by atoms with E-state index < -0.39 is 11.9 Å². The second kappa shape index (κ2) is 16.9. The highest BCUT2D eigenvalue weighted by molar-refractivity contribution is 5.94. The van der Waals surface area contributed by atoms with Crippen LogP contribution in [0, 0.1) is 5.82 Å². The number of aromatic nitrogens is 3. The van der Waals surface area contributed by atoms with E-state index in [0.29, 0.717) is 51.1 Å². The molecular weight excluding hydrogens is 687 g/mol. The number of hydrogen-bond donors (Lipinski definition) is 1. The van der Waals surface area contributed by atoms with Crippen LogP contribution >= 0.6 is 0 Å². The summed E-state index contributed by atoms with van der Waals surface area (Å²) < 4.78 is 27.2. The number of ether oxygens (including phenoxy) is 1. The van der Waals surface area contributed by atoms with Crippen molar-refractivity contribution in [1.82, 2.24) is 29.1 Å². The first kappa shape index (κ1) is 36.5. The van der Waals surface area contributed by atoms with E-state index in [9.17, 15) is 19.1 Å². The number of rotatable bonds is 14. The van der Waals surface area contributed by atoms with Crippen LogP contribution in [0.4, 0.5) is 9.18 Å². The number of carbonyl (C=O) groups is 2. The Balaban J connectivity index is 1.27. The molecule has 0 bridgehead atoms. The van der Waals surface area contributed by atoms with Crippen LogP contribution in [0.2, 0.25) is 0 Å². The summed E-state index contributed by atoms with van der Waals surface area (Å²) in [5.41, 5.74) is 6.57. The number of imidazole rings is 1. The minimum atomic E-state index is -1.08. The minimum Gasteiger partial charge on any atom is -0.469 e. The number of amides is 2. The minimum absolute atomic E-state index is 0.101. The molecule has 54 heavy (non-hydrogen) atoms. The molecule has 3 aromatic carbocycles. The summed E-state index contributed by atoms with van der Waals surface area (Å²) in [5, 5.41) is 10.4. The molecule has 0 saturated carbocycles. The molecule has 12 heteroatoms. The number of halogens is 1. The van der Waals surface area contributed by atoms with E-state index in [-0.39, 0.29) is 31.6 Å². The fraction of sp³-hybridized carbons (Fsp3) is 0.286. The Hall–Kier alpha value is -5.85. The first-order valence-electron chi connectivity index (χ1n) is 18.2. The number of fused-ring (bicyclic) bond motifs is 1. The second-order valence-electron chi connectivity index (χ2n) is 13.5. The molecule has 1 atom stereocenters. The van der Waals surface area contributed by atoms with Gasteiger partial charge < -0.3 is 24.1 Å². The third kappa shape index (κ3) is 8.51. The SMILES string of the molecule is CN(CCN(CCC(c1c(Cc2ccco2)nc2c(Cc3ccccc3)nc(-c3ccccc3)cn12)N1CCOCC1)C(=O)O)C(=O)c1ccc(F)cc1. The van der Waals surface area contributed by atoms with Crippen LogP contribution in [-0.4, -0.2) is 99.2 Å². The van der Waals surface area contributed by atoms with Gasteiger partial charge in [-0.2, -0.15) is 0 Å². The van der Waals surface area contributed by atoms with Gasteiger partial charge in [0.05, 0.1) is 54.7 Å². The molecule has 7 rings (SSSR count). The van der Waals surface area contributed by atoms with E-state index in [1.807, 2.05) is 66.9 Å². The first-order valence-corrected chi connectivity index (χ1v) is 18.2. The largest absolute Gasteiger partial charge is 0.469 e. The first-order chi connectivity index (χ1) is 26.3. The predicted molar refractivity (Wildman–Crippen MR) is 202 cm³/mol. The van der Waals surface area contributed by atoms with Gasteiger partial charge in [0.15, 0.2) is 5.65 Å². The van der Waals surface area contributed by atoms with Gasteiger partial charge >= 0.3 is 6.09 Å². The van der Waals surface area contributed by atoms with Crippen molar-refractivity contribution in [2.45, 2.75) is 25.3 Å². The zero-order valence-corrected chi connectivity index (χ0v) is 30.2.